The van der Waals surface area contributed by atoms with Gasteiger partial charge in [-0.25, -0.2) is 4.98 Å². The lowest BCUT2D eigenvalue weighted by Gasteiger charge is -2.34. The summed E-state index contributed by atoms with van der Waals surface area (Å²) >= 11 is 0. The highest BCUT2D eigenvalue weighted by Gasteiger charge is 2.21. The highest BCUT2D eigenvalue weighted by molar-refractivity contribution is 5.77. The third-order valence-corrected chi connectivity index (χ3v) is 5.13. The maximum Gasteiger partial charge on any atom is 0.270 e. The number of nitrogens with one attached hydrogen (secondary N) is 1. The Morgan fingerprint density at radius 3 is 2.57 bits per heavy atom. The van der Waals surface area contributed by atoms with Crippen molar-refractivity contribution in [1.82, 2.24) is 24.8 Å². The Kier molecular flexibility index (Phi) is 5.43. The van der Waals surface area contributed by atoms with Crippen LogP contribution < -0.4 is 5.56 Å². The molecule has 3 aromatic rings. The lowest BCUT2D eigenvalue weighted by Crippen LogP contribution is -2.48. The Morgan fingerprint density at radius 1 is 1.04 bits per heavy atom. The van der Waals surface area contributed by atoms with Gasteiger partial charge in [0.25, 0.3) is 5.56 Å². The van der Waals surface area contributed by atoms with Crippen LogP contribution in [0.15, 0.2) is 53.6 Å². The van der Waals surface area contributed by atoms with Crippen molar-refractivity contribution in [3.63, 3.8) is 0 Å². The third-order valence-electron chi connectivity index (χ3n) is 5.13. The number of hydrogen-bond acceptors (Lipinski definition) is 5. The number of amides is 1. The third kappa shape index (κ3) is 4.26. The van der Waals surface area contributed by atoms with Crippen LogP contribution >= 0.6 is 0 Å². The summed E-state index contributed by atoms with van der Waals surface area (Å²) in [5.41, 5.74) is 2.90. The monoisotopic (exact) mass is 377 g/mol. The van der Waals surface area contributed by atoms with Crippen LogP contribution in [0.4, 0.5) is 0 Å². The van der Waals surface area contributed by atoms with Crippen molar-refractivity contribution in [2.45, 2.75) is 19.4 Å². The summed E-state index contributed by atoms with van der Waals surface area (Å²) in [6.07, 6.45) is 4.27. The van der Waals surface area contributed by atoms with Crippen LogP contribution in [0.3, 0.4) is 0 Å². The van der Waals surface area contributed by atoms with E-state index in [1.807, 2.05) is 41.3 Å². The topological polar surface area (TPSA) is 82.2 Å². The summed E-state index contributed by atoms with van der Waals surface area (Å²) in [6.45, 7) is 4.00. The van der Waals surface area contributed by atoms with Gasteiger partial charge < -0.3 is 9.88 Å². The molecule has 1 aliphatic rings. The van der Waals surface area contributed by atoms with Crippen molar-refractivity contribution in [2.24, 2.45) is 0 Å². The molecule has 4 rings (SSSR count). The van der Waals surface area contributed by atoms with Gasteiger partial charge in [0.2, 0.25) is 5.91 Å². The summed E-state index contributed by atoms with van der Waals surface area (Å²) in [5.74, 6) is 0.0814. The number of H-pyrrole nitrogens is 1. The van der Waals surface area contributed by atoms with Gasteiger partial charge in [0, 0.05) is 58.0 Å². The second-order valence-electron chi connectivity index (χ2n) is 7.04. The molecule has 0 spiro atoms. The molecule has 0 radical (unpaired) electrons. The van der Waals surface area contributed by atoms with Crippen molar-refractivity contribution < 1.29 is 4.79 Å². The molecule has 1 amide bonds. The number of para-hydroxylation sites is 2. The summed E-state index contributed by atoms with van der Waals surface area (Å²) < 4.78 is 0. The fourth-order valence-electron chi connectivity index (χ4n) is 3.52. The Labute approximate surface area is 163 Å². The molecule has 0 aliphatic carbocycles. The number of carbonyl (C=O) groups excluding carboxylic acids is 1. The molecule has 1 aromatic carbocycles. The van der Waals surface area contributed by atoms with Gasteiger partial charge in [0.05, 0.1) is 11.0 Å². The van der Waals surface area contributed by atoms with Crippen molar-refractivity contribution >= 4 is 16.9 Å². The van der Waals surface area contributed by atoms with Crippen molar-refractivity contribution in [2.75, 3.05) is 26.2 Å². The minimum Gasteiger partial charge on any atom is -0.340 e. The number of nitrogens with zero attached hydrogens (tertiary/aromatic N) is 4. The minimum atomic E-state index is -0.214. The number of carbonyl (C=O) groups is 1. The van der Waals surface area contributed by atoms with Gasteiger partial charge in [-0.15, -0.1) is 0 Å². The molecule has 3 heterocycles. The van der Waals surface area contributed by atoms with E-state index in [0.29, 0.717) is 37.1 Å². The zero-order valence-corrected chi connectivity index (χ0v) is 15.7. The molecule has 2 aromatic heterocycles. The van der Waals surface area contributed by atoms with E-state index in [0.717, 1.165) is 25.2 Å². The van der Waals surface area contributed by atoms with Gasteiger partial charge in [-0.05, 0) is 29.8 Å². The van der Waals surface area contributed by atoms with E-state index in [1.165, 1.54) is 5.56 Å². The predicted molar refractivity (Wildman–Crippen MR) is 107 cm³/mol. The maximum absolute atomic E-state index is 12.6. The molecule has 1 N–H and O–H groups in total. The number of benzene rings is 1. The first-order valence-corrected chi connectivity index (χ1v) is 9.56. The molecular formula is C21H23N5O2. The van der Waals surface area contributed by atoms with Crippen LogP contribution in [0.2, 0.25) is 0 Å². The largest absolute Gasteiger partial charge is 0.340 e. The number of pyridine rings is 1. The SMILES string of the molecule is O=C(CCc1nc2ccccc2[nH]c1=O)N1CCN(Cc2ccncc2)CC1. The highest BCUT2D eigenvalue weighted by atomic mass is 16.2. The predicted octanol–water partition coefficient (Wildman–Crippen LogP) is 1.60. The number of hydrogen-bond donors (Lipinski definition) is 1. The molecule has 0 bridgehead atoms. The normalized spacial score (nSPS) is 15.1. The summed E-state index contributed by atoms with van der Waals surface area (Å²) in [7, 11) is 0. The van der Waals surface area contributed by atoms with E-state index in [-0.39, 0.29) is 11.5 Å². The zero-order valence-electron chi connectivity index (χ0n) is 15.7. The molecular weight excluding hydrogens is 354 g/mol. The van der Waals surface area contributed by atoms with Crippen molar-refractivity contribution in [3.8, 4) is 0 Å². The maximum atomic E-state index is 12.6. The average Bonchev–Trinajstić information content (AvgIpc) is 2.73. The van der Waals surface area contributed by atoms with E-state index in [2.05, 4.69) is 19.9 Å². The Bertz CT molecular complexity index is 1010. The van der Waals surface area contributed by atoms with E-state index < -0.39 is 0 Å². The van der Waals surface area contributed by atoms with E-state index in [1.54, 1.807) is 12.4 Å². The van der Waals surface area contributed by atoms with Crippen molar-refractivity contribution in [1.29, 1.82) is 0 Å². The molecule has 1 saturated heterocycles. The summed E-state index contributed by atoms with van der Waals surface area (Å²) in [6, 6.07) is 11.5. The van der Waals surface area contributed by atoms with Gasteiger partial charge in [-0.1, -0.05) is 12.1 Å². The zero-order chi connectivity index (χ0) is 19.3. The number of aryl methyl sites for hydroxylation is 1. The van der Waals surface area contributed by atoms with Crippen LogP contribution in [0.1, 0.15) is 17.7 Å². The number of aromatic nitrogens is 3. The van der Waals surface area contributed by atoms with Gasteiger partial charge in [-0.2, -0.15) is 0 Å². The van der Waals surface area contributed by atoms with E-state index in [4.69, 9.17) is 0 Å². The van der Waals surface area contributed by atoms with Gasteiger partial charge in [0.1, 0.15) is 5.69 Å². The second-order valence-corrected chi connectivity index (χ2v) is 7.04. The van der Waals surface area contributed by atoms with Crippen LogP contribution in [-0.4, -0.2) is 56.8 Å². The molecule has 0 atom stereocenters. The molecule has 7 heteroatoms. The first-order valence-electron chi connectivity index (χ1n) is 9.56. The average molecular weight is 377 g/mol. The van der Waals surface area contributed by atoms with Gasteiger partial charge in [0.15, 0.2) is 0 Å². The minimum absolute atomic E-state index is 0.0814. The Balaban J connectivity index is 1.30. The first kappa shape index (κ1) is 18.3. The number of rotatable bonds is 5. The molecule has 144 valence electrons. The number of piperazine rings is 1. The van der Waals surface area contributed by atoms with Gasteiger partial charge in [-0.3, -0.25) is 19.5 Å². The first-order chi connectivity index (χ1) is 13.7. The standard InChI is InChI=1S/C21H23N5O2/c27-20(6-5-19-21(28)24-18-4-2-1-3-17(18)23-19)26-13-11-25(12-14-26)15-16-7-9-22-10-8-16/h1-4,7-10H,5-6,11-15H2,(H,24,28). The molecule has 0 unspecified atom stereocenters. The number of fused-ring (bicyclic) bond motifs is 1. The Morgan fingerprint density at radius 2 is 1.79 bits per heavy atom. The van der Waals surface area contributed by atoms with Crippen LogP contribution in [-0.2, 0) is 17.8 Å². The second kappa shape index (κ2) is 8.31. The quantitative estimate of drug-likeness (QED) is 0.730. The highest BCUT2D eigenvalue weighted by Crippen LogP contribution is 2.11. The van der Waals surface area contributed by atoms with E-state index >= 15 is 0 Å². The lowest BCUT2D eigenvalue weighted by atomic mass is 10.2. The molecule has 0 saturated carbocycles. The fraction of sp³-hybridized carbons (Fsp3) is 0.333. The fourth-order valence-corrected chi connectivity index (χ4v) is 3.52. The molecule has 1 aliphatic heterocycles. The van der Waals surface area contributed by atoms with Crippen LogP contribution in [0, 0.1) is 0 Å². The van der Waals surface area contributed by atoms with Crippen LogP contribution in [0.25, 0.3) is 11.0 Å². The van der Waals surface area contributed by atoms with E-state index in [9.17, 15) is 9.59 Å². The summed E-state index contributed by atoms with van der Waals surface area (Å²) in [4.78, 5) is 40.3. The van der Waals surface area contributed by atoms with Crippen molar-refractivity contribution in [3.05, 3.63) is 70.4 Å². The molecule has 1 fully saturated rings. The lowest BCUT2D eigenvalue weighted by molar-refractivity contribution is -0.133. The molecule has 7 nitrogen and oxygen atoms in total. The number of aromatic amines is 1. The summed E-state index contributed by atoms with van der Waals surface area (Å²) in [5, 5.41) is 0. The smallest absolute Gasteiger partial charge is 0.270 e. The molecule has 28 heavy (non-hydrogen) atoms. The Hall–Kier alpha value is -3.06. The van der Waals surface area contributed by atoms with Crippen LogP contribution in [0.5, 0.6) is 0 Å². The van der Waals surface area contributed by atoms with Gasteiger partial charge >= 0.3 is 0 Å².